The van der Waals surface area contributed by atoms with Gasteiger partial charge in [-0.15, -0.1) is 0 Å². The zero-order valence-corrected chi connectivity index (χ0v) is 22.6. The van der Waals surface area contributed by atoms with Crippen LogP contribution < -0.4 is 15.9 Å². The second-order valence-corrected chi connectivity index (χ2v) is 14.1. The Morgan fingerprint density at radius 3 is 1.42 bits per heavy atom. The van der Waals surface area contributed by atoms with Crippen molar-refractivity contribution in [2.75, 3.05) is 6.16 Å². The molecule has 4 heteroatoms. The van der Waals surface area contributed by atoms with Gasteiger partial charge in [-0.05, 0) is 0 Å². The fourth-order valence-electron chi connectivity index (χ4n) is 5.52. The molecular weight excluding hydrogens is 463 g/mol. The van der Waals surface area contributed by atoms with E-state index in [1.165, 1.54) is 15.9 Å². The molecule has 0 saturated carbocycles. The number of hydrogen-bond acceptors (Lipinski definition) is 3. The monoisotopic (exact) mass is 500 g/mol. The third-order valence-corrected chi connectivity index (χ3v) is 13.0. The molecule has 0 radical (unpaired) electrons. The van der Waals surface area contributed by atoms with Gasteiger partial charge in [0.25, 0.3) is 0 Å². The van der Waals surface area contributed by atoms with Crippen molar-refractivity contribution < 1.29 is 15.3 Å². The molecule has 0 heterocycles. The van der Waals surface area contributed by atoms with Gasteiger partial charge in [-0.1, -0.05) is 0 Å². The first-order valence-corrected chi connectivity index (χ1v) is 14.8. The molecule has 0 spiro atoms. The summed E-state index contributed by atoms with van der Waals surface area (Å²) >= 11 is 0. The molecule has 0 bridgehead atoms. The van der Waals surface area contributed by atoms with Gasteiger partial charge in [-0.3, -0.25) is 0 Å². The van der Waals surface area contributed by atoms with E-state index < -0.39 is 12.9 Å². The van der Waals surface area contributed by atoms with Crippen molar-refractivity contribution in [1.82, 2.24) is 0 Å². The van der Waals surface area contributed by atoms with Crippen molar-refractivity contribution in [1.29, 1.82) is 0 Å². The summed E-state index contributed by atoms with van der Waals surface area (Å²) in [6, 6.07) is 31.8. The Hall–Kier alpha value is -3.13. The van der Waals surface area contributed by atoms with Crippen LogP contribution in [0.2, 0.25) is 0 Å². The molecule has 1 atom stereocenters. The number of aromatic hydroxyl groups is 2. The third kappa shape index (κ3) is 4.91. The first kappa shape index (κ1) is 25.9. The van der Waals surface area contributed by atoms with E-state index in [0.717, 1.165) is 0 Å². The third-order valence-electron chi connectivity index (χ3n) is 7.73. The van der Waals surface area contributed by atoms with Crippen molar-refractivity contribution in [3.05, 3.63) is 113 Å². The summed E-state index contributed by atoms with van der Waals surface area (Å²) in [5, 5.41) is 37.2. The molecular formula is C32H37O3P. The molecule has 4 aromatic carbocycles. The summed E-state index contributed by atoms with van der Waals surface area (Å²) < 4.78 is 0. The Bertz CT molecular complexity index is 1190. The molecule has 188 valence electrons. The van der Waals surface area contributed by atoms with E-state index in [1.54, 1.807) is 0 Å². The molecule has 36 heavy (non-hydrogen) atoms. The van der Waals surface area contributed by atoms with Gasteiger partial charge in [0.05, 0.1) is 0 Å². The zero-order chi connectivity index (χ0) is 25.9. The number of rotatable bonds is 8. The molecule has 3 nitrogen and oxygen atoms in total. The van der Waals surface area contributed by atoms with Crippen LogP contribution in [0.15, 0.2) is 91.0 Å². The number of phenols is 2. The topological polar surface area (TPSA) is 60.7 Å². The maximum absolute atomic E-state index is 12.0. The van der Waals surface area contributed by atoms with Crippen LogP contribution in [0.1, 0.15) is 35.6 Å². The minimum absolute atomic E-state index is 0.219. The van der Waals surface area contributed by atoms with Gasteiger partial charge in [0.2, 0.25) is 0 Å². The van der Waals surface area contributed by atoms with E-state index in [4.69, 9.17) is 0 Å². The van der Waals surface area contributed by atoms with Crippen molar-refractivity contribution in [3.63, 3.8) is 0 Å². The second-order valence-electron chi connectivity index (χ2n) is 10.2. The van der Waals surface area contributed by atoms with Crippen molar-refractivity contribution in [2.45, 2.75) is 46.1 Å². The van der Waals surface area contributed by atoms with Crippen molar-refractivity contribution >= 4 is 23.2 Å². The summed E-state index contributed by atoms with van der Waals surface area (Å²) in [5.74, 6) is 0.442. The predicted octanol–water partition coefficient (Wildman–Crippen LogP) is 5.43. The van der Waals surface area contributed by atoms with Gasteiger partial charge in [0.1, 0.15) is 0 Å². The van der Waals surface area contributed by atoms with E-state index in [1.807, 2.05) is 45.9 Å². The van der Waals surface area contributed by atoms with E-state index in [2.05, 4.69) is 72.8 Å². The maximum atomic E-state index is 12.0. The predicted molar refractivity (Wildman–Crippen MR) is 154 cm³/mol. The van der Waals surface area contributed by atoms with E-state index in [-0.39, 0.29) is 11.5 Å². The molecule has 0 aliphatic heterocycles. The molecule has 0 aliphatic carbocycles. The van der Waals surface area contributed by atoms with Gasteiger partial charge in [-0.25, -0.2) is 0 Å². The Morgan fingerprint density at radius 2 is 1.00 bits per heavy atom. The second kappa shape index (κ2) is 10.5. The molecule has 0 fully saturated rings. The quantitative estimate of drug-likeness (QED) is 0.223. The standard InChI is InChI=1S/C32H37O3P/c1-23-24(2)31(34)29(25(3)30(23)33)20-21-32(4,35)22-36(26-14-8-5-9-15-26,27-16-10-6-11-17-27)28-18-12-7-13-19-28/h5-19,33-36H,20-22H2,1-4H3. The number of benzene rings is 4. The molecule has 3 N–H and O–H groups in total. The molecule has 1 unspecified atom stereocenters. The Labute approximate surface area is 215 Å². The van der Waals surface area contributed by atoms with E-state index >= 15 is 0 Å². The van der Waals surface area contributed by atoms with Crippen LogP contribution in [0.3, 0.4) is 0 Å². The van der Waals surface area contributed by atoms with Crippen LogP contribution in [-0.4, -0.2) is 27.1 Å². The summed E-state index contributed by atoms with van der Waals surface area (Å²) in [6.07, 6.45) is 1.53. The fourth-order valence-corrected chi connectivity index (χ4v) is 10.7. The van der Waals surface area contributed by atoms with Crippen LogP contribution >= 0.6 is 7.26 Å². The fraction of sp³-hybridized carbons (Fsp3) is 0.250. The molecule has 4 rings (SSSR count). The summed E-state index contributed by atoms with van der Waals surface area (Å²) in [6.45, 7) is 7.39. The van der Waals surface area contributed by atoms with Gasteiger partial charge in [0.15, 0.2) is 0 Å². The molecule has 4 aromatic rings. The van der Waals surface area contributed by atoms with Crippen LogP contribution in [0, 0.1) is 20.8 Å². The summed E-state index contributed by atoms with van der Waals surface area (Å²) in [5.41, 5.74) is 1.77. The van der Waals surface area contributed by atoms with E-state index in [0.29, 0.717) is 41.3 Å². The van der Waals surface area contributed by atoms with Gasteiger partial charge in [0, 0.05) is 0 Å². The summed E-state index contributed by atoms with van der Waals surface area (Å²) in [7, 11) is -2.62. The van der Waals surface area contributed by atoms with Crippen molar-refractivity contribution in [3.8, 4) is 11.5 Å². The summed E-state index contributed by atoms with van der Waals surface area (Å²) in [4.78, 5) is 0. The van der Waals surface area contributed by atoms with Crippen LogP contribution in [0.4, 0.5) is 0 Å². The first-order chi connectivity index (χ1) is 17.2. The Morgan fingerprint density at radius 1 is 0.611 bits per heavy atom. The molecule has 0 aliphatic rings. The number of phenolic OH excluding ortho intramolecular Hbond substituents is 2. The average Bonchev–Trinajstić information content (AvgIpc) is 2.91. The zero-order valence-electron chi connectivity index (χ0n) is 21.6. The molecule has 0 saturated heterocycles. The Kier molecular flexibility index (Phi) is 7.54. The minimum atomic E-state index is -2.62. The van der Waals surface area contributed by atoms with Gasteiger partial charge < -0.3 is 0 Å². The van der Waals surface area contributed by atoms with Crippen LogP contribution in [-0.2, 0) is 6.42 Å². The van der Waals surface area contributed by atoms with Crippen LogP contribution in [0.5, 0.6) is 11.5 Å². The van der Waals surface area contributed by atoms with Crippen LogP contribution in [0.25, 0.3) is 0 Å². The normalized spacial score (nSPS) is 13.8. The molecule has 0 aromatic heterocycles. The number of aliphatic hydroxyl groups is 1. The Balaban J connectivity index is 1.79. The molecule has 0 amide bonds. The number of hydrogen-bond donors (Lipinski definition) is 3. The first-order valence-electron chi connectivity index (χ1n) is 12.6. The average molecular weight is 501 g/mol. The van der Waals surface area contributed by atoms with E-state index in [9.17, 15) is 15.3 Å². The SMILES string of the molecule is Cc1c(C)c(O)c(CCC(C)(O)C[PH](c2ccccc2)(c2ccccc2)c2ccccc2)c(C)c1O. The van der Waals surface area contributed by atoms with Crippen molar-refractivity contribution in [2.24, 2.45) is 0 Å². The van der Waals surface area contributed by atoms with Gasteiger partial charge >= 0.3 is 216 Å². The van der Waals surface area contributed by atoms with Gasteiger partial charge in [-0.2, -0.15) is 0 Å².